The lowest BCUT2D eigenvalue weighted by Crippen LogP contribution is -2.53. The molecule has 0 N–H and O–H groups in total. The minimum atomic E-state index is -4.16. The third-order valence-corrected chi connectivity index (χ3v) is 10.4. The zero-order valence-corrected chi connectivity index (χ0v) is 29.4. The van der Waals surface area contributed by atoms with Crippen LogP contribution in [0.1, 0.15) is 19.8 Å². The molecular formula is C34H39N3O12S. The summed E-state index contributed by atoms with van der Waals surface area (Å²) in [5.74, 6) is 1.57. The molecule has 0 saturated carbocycles. The van der Waals surface area contributed by atoms with Crippen molar-refractivity contribution in [1.29, 1.82) is 0 Å². The monoisotopic (exact) mass is 713 g/mol. The molecule has 0 radical (unpaired) electrons. The molecule has 1 atom stereocenters. The van der Waals surface area contributed by atoms with Crippen molar-refractivity contribution >= 4 is 26.7 Å². The summed E-state index contributed by atoms with van der Waals surface area (Å²) in [5, 5.41) is 11.7. The van der Waals surface area contributed by atoms with Crippen LogP contribution in [0, 0.1) is 10.1 Å². The molecule has 15 nitrogen and oxygen atoms in total. The molecule has 2 heterocycles. The summed E-state index contributed by atoms with van der Waals surface area (Å²) in [6.07, 6.45) is 0.461. The fourth-order valence-electron chi connectivity index (χ4n) is 5.93. The molecule has 268 valence electrons. The summed E-state index contributed by atoms with van der Waals surface area (Å²) in [4.78, 5) is 26.9. The normalized spacial score (nSPS) is 14.6. The SMILES string of the molecule is CCCC(Oc1c(-c2cc(OC)c(OC)c(OC)c2)oc2cc(OC)cc(OC)c2c1=O)N1CCN(S(=O)(=O)c2ccccc2[N+](=O)[O-])CC1. The van der Waals surface area contributed by atoms with Gasteiger partial charge in [0, 0.05) is 49.9 Å². The van der Waals surface area contributed by atoms with Gasteiger partial charge in [-0.25, -0.2) is 8.42 Å². The summed E-state index contributed by atoms with van der Waals surface area (Å²) >= 11 is 0. The number of benzene rings is 3. The quantitative estimate of drug-likeness (QED) is 0.128. The predicted molar refractivity (Wildman–Crippen MR) is 183 cm³/mol. The summed E-state index contributed by atoms with van der Waals surface area (Å²) in [6.45, 7) is 2.49. The van der Waals surface area contributed by atoms with E-state index < -0.39 is 32.3 Å². The van der Waals surface area contributed by atoms with E-state index in [1.165, 1.54) is 64.1 Å². The Labute approximate surface area is 289 Å². The first-order valence-electron chi connectivity index (χ1n) is 15.7. The Morgan fingerprint density at radius 3 is 2.06 bits per heavy atom. The van der Waals surface area contributed by atoms with Crippen molar-refractivity contribution in [2.75, 3.05) is 61.7 Å². The highest BCUT2D eigenvalue weighted by Crippen LogP contribution is 2.44. The number of nitro groups is 1. The number of nitrogens with zero attached hydrogens (tertiary/aromatic N) is 3. The second-order valence-corrected chi connectivity index (χ2v) is 13.1. The van der Waals surface area contributed by atoms with Crippen LogP contribution in [-0.2, 0) is 10.0 Å². The zero-order valence-electron chi connectivity index (χ0n) is 28.6. The van der Waals surface area contributed by atoms with Crippen LogP contribution in [0.15, 0.2) is 62.6 Å². The van der Waals surface area contributed by atoms with Gasteiger partial charge in [-0.2, -0.15) is 4.31 Å². The fraction of sp³-hybridized carbons (Fsp3) is 0.382. The molecule has 0 aliphatic carbocycles. The van der Waals surface area contributed by atoms with Gasteiger partial charge in [0.05, 0.1) is 40.5 Å². The highest BCUT2D eigenvalue weighted by molar-refractivity contribution is 7.89. The van der Waals surface area contributed by atoms with Crippen LogP contribution in [0.5, 0.6) is 34.5 Å². The molecular weight excluding hydrogens is 674 g/mol. The van der Waals surface area contributed by atoms with Crippen LogP contribution >= 0.6 is 0 Å². The lowest BCUT2D eigenvalue weighted by molar-refractivity contribution is -0.387. The van der Waals surface area contributed by atoms with Gasteiger partial charge in [-0.1, -0.05) is 25.5 Å². The summed E-state index contributed by atoms with van der Waals surface area (Å²) < 4.78 is 68.9. The van der Waals surface area contributed by atoms with Crippen molar-refractivity contribution in [3.05, 3.63) is 68.9 Å². The Hall–Kier alpha value is -5.06. The maximum atomic E-state index is 14.4. The molecule has 0 bridgehead atoms. The van der Waals surface area contributed by atoms with Crippen molar-refractivity contribution < 1.29 is 46.2 Å². The van der Waals surface area contributed by atoms with Gasteiger partial charge in [-0.05, 0) is 24.6 Å². The molecule has 1 aliphatic heterocycles. The first-order chi connectivity index (χ1) is 24.0. The molecule has 0 spiro atoms. The van der Waals surface area contributed by atoms with Crippen molar-refractivity contribution in [2.45, 2.75) is 30.9 Å². The van der Waals surface area contributed by atoms with Gasteiger partial charge in [0.1, 0.15) is 22.5 Å². The molecule has 1 aromatic heterocycles. The van der Waals surface area contributed by atoms with Gasteiger partial charge >= 0.3 is 0 Å². The number of ether oxygens (including phenoxy) is 6. The number of piperazine rings is 1. The van der Waals surface area contributed by atoms with E-state index in [4.69, 9.17) is 32.8 Å². The molecule has 16 heteroatoms. The number of methoxy groups -OCH3 is 5. The number of fused-ring (bicyclic) bond motifs is 1. The third-order valence-electron chi connectivity index (χ3n) is 8.42. The predicted octanol–water partition coefficient (Wildman–Crippen LogP) is 4.92. The topological polar surface area (TPSA) is 169 Å². The highest BCUT2D eigenvalue weighted by Gasteiger charge is 2.36. The van der Waals surface area contributed by atoms with Gasteiger partial charge in [-0.3, -0.25) is 19.8 Å². The number of hydrogen-bond acceptors (Lipinski definition) is 13. The van der Waals surface area contributed by atoms with Crippen LogP contribution in [-0.4, -0.2) is 90.5 Å². The molecule has 1 aliphatic rings. The molecule has 1 unspecified atom stereocenters. The van der Waals surface area contributed by atoms with Gasteiger partial charge < -0.3 is 32.8 Å². The Bertz CT molecular complexity index is 2020. The first kappa shape index (κ1) is 36.2. The number of sulfonamides is 1. The largest absolute Gasteiger partial charge is 0.496 e. The Morgan fingerprint density at radius 1 is 0.860 bits per heavy atom. The van der Waals surface area contributed by atoms with E-state index in [1.54, 1.807) is 24.3 Å². The molecule has 3 aromatic carbocycles. The van der Waals surface area contributed by atoms with Gasteiger partial charge in [0.25, 0.3) is 5.69 Å². The number of hydrogen-bond donors (Lipinski definition) is 0. The molecule has 5 rings (SSSR count). The van der Waals surface area contributed by atoms with E-state index in [0.29, 0.717) is 41.4 Å². The van der Waals surface area contributed by atoms with Crippen LogP contribution in [0.25, 0.3) is 22.3 Å². The second-order valence-electron chi connectivity index (χ2n) is 11.2. The smallest absolute Gasteiger partial charge is 0.289 e. The molecule has 50 heavy (non-hydrogen) atoms. The van der Waals surface area contributed by atoms with Crippen molar-refractivity contribution in [3.8, 4) is 45.8 Å². The van der Waals surface area contributed by atoms with E-state index in [0.717, 1.165) is 0 Å². The van der Waals surface area contributed by atoms with Crippen molar-refractivity contribution in [2.24, 2.45) is 0 Å². The number of rotatable bonds is 14. The molecule has 0 amide bonds. The summed E-state index contributed by atoms with van der Waals surface area (Å²) in [6, 6.07) is 11.7. The van der Waals surface area contributed by atoms with Gasteiger partial charge in [-0.15, -0.1) is 0 Å². The Kier molecular flexibility index (Phi) is 11.0. The maximum Gasteiger partial charge on any atom is 0.289 e. The molecule has 1 saturated heterocycles. The summed E-state index contributed by atoms with van der Waals surface area (Å²) in [5.41, 5.74) is -0.417. The van der Waals surface area contributed by atoms with E-state index in [-0.39, 0.29) is 59.3 Å². The lowest BCUT2D eigenvalue weighted by atomic mass is 10.1. The van der Waals surface area contributed by atoms with Gasteiger partial charge in [0.2, 0.25) is 27.0 Å². The van der Waals surface area contributed by atoms with Gasteiger partial charge in [0.15, 0.2) is 28.4 Å². The van der Waals surface area contributed by atoms with Crippen molar-refractivity contribution in [3.63, 3.8) is 0 Å². The third kappa shape index (κ3) is 6.86. The van der Waals surface area contributed by atoms with E-state index in [9.17, 15) is 23.3 Å². The number of para-hydroxylation sites is 1. The Balaban J connectivity index is 1.57. The average molecular weight is 714 g/mol. The average Bonchev–Trinajstić information content (AvgIpc) is 3.14. The van der Waals surface area contributed by atoms with Crippen LogP contribution in [0.2, 0.25) is 0 Å². The van der Waals surface area contributed by atoms with Crippen LogP contribution in [0.3, 0.4) is 0 Å². The fourth-order valence-corrected chi connectivity index (χ4v) is 7.51. The van der Waals surface area contributed by atoms with E-state index in [2.05, 4.69) is 0 Å². The van der Waals surface area contributed by atoms with Crippen molar-refractivity contribution in [1.82, 2.24) is 9.21 Å². The standard InChI is InChI=1S/C34H39N3O12S/c1-7-10-29(35-13-15-36(16-14-35)50(41,42)28-12-9-8-11-23(28)37(39)40)49-34-31(38)30-24(44-3)19-22(43-2)20-25(30)48-32(34)21-17-26(45-4)33(47-6)27(18-21)46-5/h8-9,11-12,17-20,29H,7,10,13-16H2,1-6H3. The lowest BCUT2D eigenvalue weighted by Gasteiger charge is -2.38. The zero-order chi connectivity index (χ0) is 36.2. The number of nitro benzene ring substituents is 1. The maximum absolute atomic E-state index is 14.4. The van der Waals surface area contributed by atoms with Crippen LogP contribution in [0.4, 0.5) is 5.69 Å². The second kappa shape index (κ2) is 15.2. The van der Waals surface area contributed by atoms with Crippen LogP contribution < -0.4 is 33.8 Å². The highest BCUT2D eigenvalue weighted by atomic mass is 32.2. The minimum absolute atomic E-state index is 0.0393. The molecule has 4 aromatic rings. The Morgan fingerprint density at radius 2 is 1.50 bits per heavy atom. The van der Waals surface area contributed by atoms with E-state index in [1.807, 2.05) is 11.8 Å². The molecule has 1 fully saturated rings. The minimum Gasteiger partial charge on any atom is -0.496 e. The summed E-state index contributed by atoms with van der Waals surface area (Å²) in [7, 11) is 3.17. The van der Waals surface area contributed by atoms with E-state index >= 15 is 0 Å². The first-order valence-corrected chi connectivity index (χ1v) is 17.1.